The maximum atomic E-state index is 13.9. The van der Waals surface area contributed by atoms with E-state index in [2.05, 4.69) is 16.3 Å². The van der Waals surface area contributed by atoms with Gasteiger partial charge in [-0.15, -0.1) is 0 Å². The van der Waals surface area contributed by atoms with Crippen molar-refractivity contribution in [2.45, 2.75) is 58.3 Å². The maximum absolute atomic E-state index is 13.9. The minimum absolute atomic E-state index is 0.0119. The number of imidazole rings is 1. The second kappa shape index (κ2) is 8.89. The number of benzene rings is 1. The van der Waals surface area contributed by atoms with Gasteiger partial charge >= 0.3 is 5.69 Å². The van der Waals surface area contributed by atoms with E-state index in [0.29, 0.717) is 35.2 Å². The number of anilines is 1. The maximum Gasteiger partial charge on any atom is 0.333 e. The highest BCUT2D eigenvalue weighted by atomic mass is 16.2. The fourth-order valence-electron chi connectivity index (χ4n) is 5.67. The summed E-state index contributed by atoms with van der Waals surface area (Å²) in [4.78, 5) is 47.9. The second-order valence-corrected chi connectivity index (χ2v) is 10.5. The minimum atomic E-state index is -0.447. The molecule has 9 nitrogen and oxygen atoms in total. The van der Waals surface area contributed by atoms with Crippen molar-refractivity contribution in [3.8, 4) is 0 Å². The lowest BCUT2D eigenvalue weighted by atomic mass is 10.1. The summed E-state index contributed by atoms with van der Waals surface area (Å²) in [5.74, 6) is 1.05. The summed E-state index contributed by atoms with van der Waals surface area (Å²) in [6, 6.07) is 9.16. The lowest BCUT2D eigenvalue weighted by Crippen LogP contribution is -2.42. The summed E-state index contributed by atoms with van der Waals surface area (Å²) in [6.07, 6.45) is 4.90. The van der Waals surface area contributed by atoms with Crippen LogP contribution in [0.3, 0.4) is 0 Å². The third-order valence-electron chi connectivity index (χ3n) is 7.74. The minimum Gasteiger partial charge on any atom is -0.338 e. The van der Waals surface area contributed by atoms with E-state index in [1.54, 1.807) is 28.8 Å². The first kappa shape index (κ1) is 23.0. The summed E-state index contributed by atoms with van der Waals surface area (Å²) >= 11 is 0. The molecule has 36 heavy (non-hydrogen) atoms. The smallest absolute Gasteiger partial charge is 0.333 e. The van der Waals surface area contributed by atoms with Gasteiger partial charge in [-0.05, 0) is 39.0 Å². The van der Waals surface area contributed by atoms with Gasteiger partial charge < -0.3 is 14.8 Å². The molecule has 1 aliphatic carbocycles. The number of nitrogens with one attached hydrogen (secondary N) is 1. The fraction of sp³-hybridized carbons (Fsp3) is 0.481. The molecular weight excluding hydrogens is 456 g/mol. The van der Waals surface area contributed by atoms with Crippen LogP contribution in [0, 0.1) is 5.92 Å². The Labute approximate surface area is 209 Å². The molecule has 0 spiro atoms. The Morgan fingerprint density at radius 3 is 2.58 bits per heavy atom. The van der Waals surface area contributed by atoms with Gasteiger partial charge in [-0.2, -0.15) is 4.98 Å². The first-order valence-electron chi connectivity index (χ1n) is 12.9. The highest BCUT2D eigenvalue weighted by Crippen LogP contribution is 2.37. The van der Waals surface area contributed by atoms with E-state index >= 15 is 0 Å². The standard InChI is InChI=1S/C27H32N6O3/c1-17(2)10-12-31-23-24(29-26(31)30-13-11-19-14-28-15-21(19)30)33(20-8-9-20)27(36)32(25(23)35)16-22(34)18-6-4-3-5-7-18/h3-7,10,19-21,28H,8-9,11-16H2,1-2H3. The summed E-state index contributed by atoms with van der Waals surface area (Å²) in [6.45, 7) is 7.03. The lowest BCUT2D eigenvalue weighted by molar-refractivity contribution is 0.0968. The number of carbonyl (C=O) groups is 1. The monoisotopic (exact) mass is 488 g/mol. The zero-order valence-electron chi connectivity index (χ0n) is 20.8. The second-order valence-electron chi connectivity index (χ2n) is 10.5. The van der Waals surface area contributed by atoms with Gasteiger partial charge in [0.15, 0.2) is 16.9 Å². The molecule has 1 N–H and O–H groups in total. The van der Waals surface area contributed by atoms with Gasteiger partial charge in [-0.1, -0.05) is 42.0 Å². The zero-order valence-corrected chi connectivity index (χ0v) is 20.8. The molecule has 2 unspecified atom stereocenters. The molecule has 2 atom stereocenters. The highest BCUT2D eigenvalue weighted by molar-refractivity contribution is 5.96. The average Bonchev–Trinajstić information content (AvgIpc) is 3.28. The molecule has 2 saturated heterocycles. The van der Waals surface area contributed by atoms with Crippen LogP contribution in [-0.4, -0.2) is 50.1 Å². The Balaban J connectivity index is 1.55. The molecule has 3 aromatic rings. The van der Waals surface area contributed by atoms with E-state index in [0.717, 1.165) is 55.0 Å². The number of allylic oxidation sites excluding steroid dienone is 2. The van der Waals surface area contributed by atoms with Crippen molar-refractivity contribution in [1.82, 2.24) is 24.0 Å². The van der Waals surface area contributed by atoms with Crippen molar-refractivity contribution in [3.05, 3.63) is 68.4 Å². The van der Waals surface area contributed by atoms with Crippen molar-refractivity contribution >= 4 is 22.9 Å². The van der Waals surface area contributed by atoms with Gasteiger partial charge in [0, 0.05) is 43.8 Å². The molecule has 1 saturated carbocycles. The van der Waals surface area contributed by atoms with E-state index in [1.807, 2.05) is 24.5 Å². The molecule has 0 bridgehead atoms. The van der Waals surface area contributed by atoms with E-state index in [-0.39, 0.29) is 18.4 Å². The molecule has 6 rings (SSSR count). The first-order valence-corrected chi connectivity index (χ1v) is 12.9. The van der Waals surface area contributed by atoms with Crippen LogP contribution in [-0.2, 0) is 13.1 Å². The van der Waals surface area contributed by atoms with E-state index in [1.165, 1.54) is 0 Å². The average molecular weight is 489 g/mol. The number of Topliss-reactive ketones (excluding diaryl/α,β-unsaturated/α-hetero) is 1. The van der Waals surface area contributed by atoms with Crippen LogP contribution in [0.4, 0.5) is 5.95 Å². The van der Waals surface area contributed by atoms with Crippen LogP contribution in [0.2, 0.25) is 0 Å². The number of hydrogen-bond acceptors (Lipinski definition) is 6. The number of aromatic nitrogens is 4. The van der Waals surface area contributed by atoms with Crippen LogP contribution in [0.1, 0.15) is 49.5 Å². The summed E-state index contributed by atoms with van der Waals surface area (Å²) in [5, 5.41) is 3.48. The molecule has 3 fully saturated rings. The Morgan fingerprint density at radius 2 is 1.86 bits per heavy atom. The van der Waals surface area contributed by atoms with E-state index in [9.17, 15) is 14.4 Å². The first-order chi connectivity index (χ1) is 17.4. The number of fused-ring (bicyclic) bond motifs is 2. The number of rotatable bonds is 7. The number of nitrogens with zero attached hydrogens (tertiary/aromatic N) is 5. The molecule has 2 aliphatic heterocycles. The van der Waals surface area contributed by atoms with Gasteiger partial charge in [-0.25, -0.2) is 4.79 Å². The predicted molar refractivity (Wildman–Crippen MR) is 139 cm³/mol. The van der Waals surface area contributed by atoms with Crippen LogP contribution >= 0.6 is 0 Å². The van der Waals surface area contributed by atoms with E-state index < -0.39 is 11.2 Å². The number of ketones is 1. The van der Waals surface area contributed by atoms with E-state index in [4.69, 9.17) is 4.98 Å². The molecule has 1 aromatic carbocycles. The van der Waals surface area contributed by atoms with Crippen LogP contribution in [0.5, 0.6) is 0 Å². The van der Waals surface area contributed by atoms with Crippen LogP contribution < -0.4 is 21.5 Å². The van der Waals surface area contributed by atoms with Crippen molar-refractivity contribution in [1.29, 1.82) is 0 Å². The molecule has 4 heterocycles. The number of hydrogen-bond donors (Lipinski definition) is 1. The summed E-state index contributed by atoms with van der Waals surface area (Å²) in [5.41, 5.74) is 1.58. The highest BCUT2D eigenvalue weighted by Gasteiger charge is 2.40. The molecule has 3 aliphatic rings. The third-order valence-corrected chi connectivity index (χ3v) is 7.74. The quantitative estimate of drug-likeness (QED) is 0.405. The molecule has 188 valence electrons. The van der Waals surface area contributed by atoms with Gasteiger partial charge in [0.1, 0.15) is 0 Å². The van der Waals surface area contributed by atoms with Crippen molar-refractivity contribution < 1.29 is 4.79 Å². The number of carbonyl (C=O) groups excluding carboxylic acids is 1. The van der Waals surface area contributed by atoms with Crippen molar-refractivity contribution in [3.63, 3.8) is 0 Å². The summed E-state index contributed by atoms with van der Waals surface area (Å²) in [7, 11) is 0. The normalized spacial score (nSPS) is 21.2. The SMILES string of the molecule is CC(C)=CCn1c(N2CCC3CNCC32)nc2c1c(=O)n(CC(=O)c1ccccc1)c(=O)n2C1CC1. The summed E-state index contributed by atoms with van der Waals surface area (Å²) < 4.78 is 4.75. The van der Waals surface area contributed by atoms with Crippen LogP contribution in [0.25, 0.3) is 11.2 Å². The van der Waals surface area contributed by atoms with Crippen molar-refractivity contribution in [2.24, 2.45) is 5.92 Å². The van der Waals surface area contributed by atoms with Gasteiger partial charge in [-0.3, -0.25) is 18.7 Å². The Morgan fingerprint density at radius 1 is 1.08 bits per heavy atom. The molecule has 9 heteroatoms. The topological polar surface area (TPSA) is 94.2 Å². The molecular formula is C27H32N6O3. The third kappa shape index (κ3) is 3.82. The molecule has 0 radical (unpaired) electrons. The lowest BCUT2D eigenvalue weighted by Gasteiger charge is -2.25. The Bertz CT molecular complexity index is 1470. The Hall–Kier alpha value is -3.46. The largest absolute Gasteiger partial charge is 0.338 e. The Kier molecular flexibility index (Phi) is 5.67. The molecule has 2 aromatic heterocycles. The predicted octanol–water partition coefficient (Wildman–Crippen LogP) is 2.34. The van der Waals surface area contributed by atoms with Crippen LogP contribution in [0.15, 0.2) is 51.6 Å². The van der Waals surface area contributed by atoms with Gasteiger partial charge in [0.05, 0.1) is 6.54 Å². The van der Waals surface area contributed by atoms with Gasteiger partial charge in [0.2, 0.25) is 5.95 Å². The van der Waals surface area contributed by atoms with Gasteiger partial charge in [0.25, 0.3) is 5.56 Å². The molecule has 0 amide bonds. The zero-order chi connectivity index (χ0) is 25.0. The fourth-order valence-corrected chi connectivity index (χ4v) is 5.67. The van der Waals surface area contributed by atoms with Crippen molar-refractivity contribution in [2.75, 3.05) is 24.5 Å².